The molecule has 2 aromatic rings. The largest absolute Gasteiger partial charge is 0.363 e. The molecular weight excluding hydrogens is 420 g/mol. The molecule has 0 unspecified atom stereocenters. The Morgan fingerprint density at radius 3 is 2.39 bits per heavy atom. The predicted octanol–water partition coefficient (Wildman–Crippen LogP) is 2.10. The number of aliphatic imine (C=N–C) groups is 1. The van der Waals surface area contributed by atoms with Crippen LogP contribution in [0.2, 0.25) is 0 Å². The van der Waals surface area contributed by atoms with E-state index in [1.807, 2.05) is 4.90 Å². The molecule has 0 bridgehead atoms. The van der Waals surface area contributed by atoms with Crippen molar-refractivity contribution in [1.82, 2.24) is 4.31 Å². The van der Waals surface area contributed by atoms with Crippen LogP contribution in [0.3, 0.4) is 0 Å². The number of nitrogens with zero attached hydrogens (tertiary/aromatic N) is 4. The summed E-state index contributed by atoms with van der Waals surface area (Å²) < 4.78 is 25.6. The van der Waals surface area contributed by atoms with E-state index in [0.717, 1.165) is 0 Å². The van der Waals surface area contributed by atoms with Crippen molar-refractivity contribution in [3.63, 3.8) is 0 Å². The molecule has 1 fully saturated rings. The quantitative estimate of drug-likeness (QED) is 0.518. The number of carbonyl (C=O) groups is 1. The van der Waals surface area contributed by atoms with E-state index >= 15 is 0 Å². The van der Waals surface area contributed by atoms with Crippen LogP contribution in [0.25, 0.3) is 0 Å². The molecule has 2 aromatic carbocycles. The highest BCUT2D eigenvalue weighted by Crippen LogP contribution is 2.32. The van der Waals surface area contributed by atoms with Gasteiger partial charge in [-0.2, -0.15) is 4.31 Å². The van der Waals surface area contributed by atoms with Crippen molar-refractivity contribution in [1.29, 1.82) is 0 Å². The van der Waals surface area contributed by atoms with Gasteiger partial charge in [-0.25, -0.2) is 8.42 Å². The number of rotatable bonds is 5. The number of nitro benzene ring substituents is 1. The Morgan fingerprint density at radius 1 is 1.06 bits per heavy atom. The summed E-state index contributed by atoms with van der Waals surface area (Å²) in [7, 11) is -3.28. The number of piperazine rings is 1. The van der Waals surface area contributed by atoms with E-state index in [4.69, 9.17) is 0 Å². The number of nitro groups is 1. The number of ketones is 1. The van der Waals surface area contributed by atoms with Gasteiger partial charge in [0.15, 0.2) is 5.78 Å². The van der Waals surface area contributed by atoms with Crippen LogP contribution in [-0.2, 0) is 10.0 Å². The van der Waals surface area contributed by atoms with Crippen molar-refractivity contribution in [2.75, 3.05) is 43.4 Å². The third-order valence-corrected chi connectivity index (χ3v) is 7.53. The van der Waals surface area contributed by atoms with Gasteiger partial charge in [-0.15, -0.1) is 0 Å². The number of anilines is 1. The van der Waals surface area contributed by atoms with Crippen LogP contribution in [0.15, 0.2) is 47.5 Å². The van der Waals surface area contributed by atoms with Gasteiger partial charge in [-0.1, -0.05) is 30.3 Å². The Morgan fingerprint density at radius 2 is 1.74 bits per heavy atom. The summed E-state index contributed by atoms with van der Waals surface area (Å²) in [6.07, 6.45) is 0. The molecule has 0 spiro atoms. The van der Waals surface area contributed by atoms with Gasteiger partial charge in [-0.05, 0) is 13.0 Å². The van der Waals surface area contributed by atoms with Crippen LogP contribution in [0.4, 0.5) is 11.4 Å². The van der Waals surface area contributed by atoms with Crippen LogP contribution in [-0.4, -0.2) is 67.6 Å². The molecule has 2 heterocycles. The molecule has 0 amide bonds. The standard InChI is InChI=1S/C21H22N4O5S/c1-2-31(29,30)24-11-9-23(10-12-24)18-8-7-15(13-19(18)25(27)28)21-17-6-4-3-5-16(17)20(26)14-22-21/h3-8,13H,2,9-12,14H2,1H3. The fourth-order valence-electron chi connectivity index (χ4n) is 3.97. The van der Waals surface area contributed by atoms with Crippen molar-refractivity contribution >= 4 is 32.9 Å². The van der Waals surface area contributed by atoms with E-state index in [1.54, 1.807) is 43.3 Å². The van der Waals surface area contributed by atoms with Crippen molar-refractivity contribution in [3.05, 3.63) is 69.3 Å². The molecule has 0 aromatic heterocycles. The van der Waals surface area contributed by atoms with E-state index in [-0.39, 0.29) is 36.9 Å². The fourth-order valence-corrected chi connectivity index (χ4v) is 5.06. The molecule has 4 rings (SSSR count). The average Bonchev–Trinajstić information content (AvgIpc) is 2.79. The maximum absolute atomic E-state index is 12.1. The Bertz CT molecular complexity index is 1180. The molecule has 0 atom stereocenters. The van der Waals surface area contributed by atoms with Gasteiger partial charge in [-0.3, -0.25) is 19.9 Å². The SMILES string of the molecule is CCS(=O)(=O)N1CCN(c2ccc(C3=NCC(=O)c4ccccc43)cc2[N+](=O)[O-])CC1. The summed E-state index contributed by atoms with van der Waals surface area (Å²) in [6, 6.07) is 12.0. The average molecular weight is 442 g/mol. The van der Waals surface area contributed by atoms with E-state index < -0.39 is 14.9 Å². The highest BCUT2D eigenvalue weighted by Gasteiger charge is 2.30. The summed E-state index contributed by atoms with van der Waals surface area (Å²) >= 11 is 0. The molecule has 2 aliphatic heterocycles. The van der Waals surface area contributed by atoms with Gasteiger partial charge in [0.2, 0.25) is 10.0 Å². The third kappa shape index (κ3) is 3.96. The summed E-state index contributed by atoms with van der Waals surface area (Å²) in [6.45, 7) is 2.94. The molecule has 0 radical (unpaired) electrons. The summed E-state index contributed by atoms with van der Waals surface area (Å²) in [4.78, 5) is 29.8. The normalized spacial score (nSPS) is 17.3. The highest BCUT2D eigenvalue weighted by molar-refractivity contribution is 7.89. The Hall–Kier alpha value is -3.11. The van der Waals surface area contributed by atoms with Gasteiger partial charge < -0.3 is 4.90 Å². The van der Waals surface area contributed by atoms with Crippen molar-refractivity contribution in [2.24, 2.45) is 4.99 Å². The first-order valence-corrected chi connectivity index (χ1v) is 11.6. The van der Waals surface area contributed by atoms with Crippen LogP contribution in [0.5, 0.6) is 0 Å². The lowest BCUT2D eigenvalue weighted by atomic mass is 9.92. The monoisotopic (exact) mass is 442 g/mol. The molecule has 1 saturated heterocycles. The van der Waals surface area contributed by atoms with Gasteiger partial charge >= 0.3 is 0 Å². The van der Waals surface area contributed by atoms with Crippen LogP contribution >= 0.6 is 0 Å². The highest BCUT2D eigenvalue weighted by atomic mass is 32.2. The Balaban J connectivity index is 1.65. The first-order chi connectivity index (χ1) is 14.8. The van der Waals surface area contributed by atoms with Crippen molar-refractivity contribution < 1.29 is 18.1 Å². The Kier molecular flexibility index (Phi) is 5.59. The summed E-state index contributed by atoms with van der Waals surface area (Å²) in [5.74, 6) is -0.0427. The number of fused-ring (bicyclic) bond motifs is 1. The maximum Gasteiger partial charge on any atom is 0.293 e. The minimum Gasteiger partial charge on any atom is -0.363 e. The van der Waals surface area contributed by atoms with Crippen molar-refractivity contribution in [3.8, 4) is 0 Å². The van der Waals surface area contributed by atoms with Gasteiger partial charge in [0.25, 0.3) is 5.69 Å². The fraction of sp³-hybridized carbons (Fsp3) is 0.333. The molecule has 10 heteroatoms. The first kappa shape index (κ1) is 21.1. The molecule has 2 aliphatic rings. The Labute approximate surface area is 180 Å². The zero-order valence-electron chi connectivity index (χ0n) is 17.0. The predicted molar refractivity (Wildman–Crippen MR) is 118 cm³/mol. The number of hydrogen-bond donors (Lipinski definition) is 0. The molecule has 0 aliphatic carbocycles. The van der Waals surface area contributed by atoms with E-state index in [9.17, 15) is 23.3 Å². The zero-order valence-corrected chi connectivity index (χ0v) is 17.8. The molecule has 31 heavy (non-hydrogen) atoms. The minimum absolute atomic E-state index is 0.00968. The second-order valence-electron chi connectivity index (χ2n) is 7.38. The van der Waals surface area contributed by atoms with Crippen LogP contribution < -0.4 is 4.90 Å². The van der Waals surface area contributed by atoms with Crippen molar-refractivity contribution in [2.45, 2.75) is 6.92 Å². The van der Waals surface area contributed by atoms with Gasteiger partial charge in [0.1, 0.15) is 12.2 Å². The lowest BCUT2D eigenvalue weighted by molar-refractivity contribution is -0.384. The molecule has 0 N–H and O–H groups in total. The number of hydrogen-bond acceptors (Lipinski definition) is 7. The lowest BCUT2D eigenvalue weighted by Gasteiger charge is -2.35. The number of Topliss-reactive ketones (excluding diaryl/α,β-unsaturated/α-hetero) is 1. The number of sulfonamides is 1. The molecule has 0 saturated carbocycles. The second kappa shape index (κ2) is 8.20. The second-order valence-corrected chi connectivity index (χ2v) is 9.64. The van der Waals surface area contributed by atoms with Crippen LogP contribution in [0.1, 0.15) is 28.4 Å². The third-order valence-electron chi connectivity index (χ3n) is 5.65. The van der Waals surface area contributed by atoms with E-state index in [2.05, 4.69) is 4.99 Å². The van der Waals surface area contributed by atoms with E-state index in [0.29, 0.717) is 41.2 Å². The zero-order chi connectivity index (χ0) is 22.2. The smallest absolute Gasteiger partial charge is 0.293 e. The topological polar surface area (TPSA) is 113 Å². The van der Waals surface area contributed by atoms with E-state index in [1.165, 1.54) is 10.4 Å². The number of benzene rings is 2. The first-order valence-electron chi connectivity index (χ1n) is 10.0. The van der Waals surface area contributed by atoms with Crippen LogP contribution in [0, 0.1) is 10.1 Å². The maximum atomic E-state index is 12.1. The van der Waals surface area contributed by atoms with Gasteiger partial charge in [0.05, 0.1) is 16.4 Å². The minimum atomic E-state index is -3.28. The summed E-state index contributed by atoms with van der Waals surface area (Å²) in [5.41, 5.74) is 2.74. The lowest BCUT2D eigenvalue weighted by Crippen LogP contribution is -2.49. The molecule has 162 valence electrons. The molecular formula is C21H22N4O5S. The number of carbonyl (C=O) groups excluding carboxylic acids is 1. The van der Waals surface area contributed by atoms with Gasteiger partial charge in [0, 0.05) is 48.9 Å². The summed E-state index contributed by atoms with van der Waals surface area (Å²) in [5, 5.41) is 11.8. The molecule has 9 nitrogen and oxygen atoms in total.